The molecular weight excluding hydrogens is 314 g/mol. The van der Waals surface area contributed by atoms with Gasteiger partial charge in [0.15, 0.2) is 5.96 Å². The number of guanidine groups is 1. The summed E-state index contributed by atoms with van der Waals surface area (Å²) in [5.74, 6) is 0.730. The number of carbonyl (C=O) groups excluding carboxylic acids is 1. The highest BCUT2D eigenvalue weighted by Gasteiger charge is 2.10. The Morgan fingerprint density at radius 2 is 2.04 bits per heavy atom. The molecule has 25 heavy (non-hydrogen) atoms. The largest absolute Gasteiger partial charge is 0.370 e. The van der Waals surface area contributed by atoms with Gasteiger partial charge in [-0.05, 0) is 61.1 Å². The highest BCUT2D eigenvalue weighted by molar-refractivity contribution is 5.93. The van der Waals surface area contributed by atoms with Crippen LogP contribution in [0, 0.1) is 6.92 Å². The van der Waals surface area contributed by atoms with Crippen molar-refractivity contribution in [1.29, 1.82) is 0 Å². The Balaban J connectivity index is 1.46. The van der Waals surface area contributed by atoms with E-state index in [1.165, 1.54) is 17.5 Å². The number of hydrogen-bond donors (Lipinski definition) is 3. The zero-order valence-corrected chi connectivity index (χ0v) is 14.4. The lowest BCUT2D eigenvalue weighted by atomic mass is 10.1. The highest BCUT2D eigenvalue weighted by Crippen LogP contribution is 2.24. The van der Waals surface area contributed by atoms with Crippen LogP contribution in [0.1, 0.15) is 29.5 Å². The van der Waals surface area contributed by atoms with E-state index in [9.17, 15) is 4.79 Å². The van der Waals surface area contributed by atoms with E-state index in [1.807, 2.05) is 19.1 Å². The molecule has 4 N–H and O–H groups in total. The number of aryl methyl sites for hydroxylation is 3. The van der Waals surface area contributed by atoms with Gasteiger partial charge in [-0.1, -0.05) is 12.1 Å². The van der Waals surface area contributed by atoms with E-state index in [0.29, 0.717) is 18.3 Å². The van der Waals surface area contributed by atoms with E-state index in [0.717, 1.165) is 24.1 Å². The van der Waals surface area contributed by atoms with Crippen molar-refractivity contribution >= 4 is 23.4 Å². The fraction of sp³-hybridized carbons (Fsp3) is 0.316. The Bertz CT molecular complexity index is 783. The second-order valence-electron chi connectivity index (χ2n) is 6.25. The molecule has 2 aromatic rings. The summed E-state index contributed by atoms with van der Waals surface area (Å²) in [7, 11) is 0. The second-order valence-corrected chi connectivity index (χ2v) is 6.25. The summed E-state index contributed by atoms with van der Waals surface area (Å²) in [6.07, 6.45) is 5.46. The van der Waals surface area contributed by atoms with Gasteiger partial charge in [0.2, 0.25) is 5.91 Å². The van der Waals surface area contributed by atoms with Gasteiger partial charge in [0.05, 0.1) is 6.54 Å². The first kappa shape index (κ1) is 17.0. The average molecular weight is 337 g/mol. The van der Waals surface area contributed by atoms with Crippen LogP contribution in [0.25, 0.3) is 0 Å². The van der Waals surface area contributed by atoms with Crippen molar-refractivity contribution in [3.8, 4) is 0 Å². The number of carbonyl (C=O) groups is 1. The van der Waals surface area contributed by atoms with Crippen LogP contribution in [0.4, 0.5) is 11.5 Å². The van der Waals surface area contributed by atoms with Crippen molar-refractivity contribution in [2.75, 3.05) is 17.2 Å². The molecular formula is C19H23N5O. The monoisotopic (exact) mass is 337 g/mol. The maximum Gasteiger partial charge on any atom is 0.227 e. The van der Waals surface area contributed by atoms with Crippen LogP contribution >= 0.6 is 0 Å². The molecule has 0 saturated heterocycles. The molecule has 6 heteroatoms. The molecule has 0 bridgehead atoms. The lowest BCUT2D eigenvalue weighted by molar-refractivity contribution is -0.116. The number of nitrogens with two attached hydrogens (primary N) is 1. The summed E-state index contributed by atoms with van der Waals surface area (Å²) in [4.78, 5) is 20.2. The van der Waals surface area contributed by atoms with Crippen molar-refractivity contribution in [2.45, 2.75) is 32.6 Å². The van der Waals surface area contributed by atoms with Gasteiger partial charge in [-0.2, -0.15) is 0 Å². The smallest absolute Gasteiger partial charge is 0.227 e. The van der Waals surface area contributed by atoms with Crippen LogP contribution in [0.5, 0.6) is 0 Å². The number of aromatic nitrogens is 1. The van der Waals surface area contributed by atoms with Gasteiger partial charge in [-0.3, -0.25) is 9.79 Å². The van der Waals surface area contributed by atoms with E-state index >= 15 is 0 Å². The highest BCUT2D eigenvalue weighted by atomic mass is 16.1. The summed E-state index contributed by atoms with van der Waals surface area (Å²) >= 11 is 0. The van der Waals surface area contributed by atoms with E-state index in [-0.39, 0.29) is 12.3 Å². The van der Waals surface area contributed by atoms with E-state index in [2.05, 4.69) is 32.7 Å². The summed E-state index contributed by atoms with van der Waals surface area (Å²) in [5, 5.41) is 5.83. The normalized spacial score (nSPS) is 13.4. The molecule has 0 unspecified atom stereocenters. The van der Waals surface area contributed by atoms with Gasteiger partial charge in [-0.15, -0.1) is 0 Å². The van der Waals surface area contributed by atoms with Crippen molar-refractivity contribution in [3.63, 3.8) is 0 Å². The first-order valence-electron chi connectivity index (χ1n) is 8.51. The predicted octanol–water partition coefficient (Wildman–Crippen LogP) is 2.63. The SMILES string of the molecule is Cc1ccc(NC(=O)CCN=C(N)Nc2ccc3c(c2)CCC3)nc1. The molecule has 3 rings (SSSR count). The Labute approximate surface area is 147 Å². The number of amides is 1. The van der Waals surface area contributed by atoms with Crippen LogP contribution in [-0.4, -0.2) is 23.4 Å². The number of nitrogens with zero attached hydrogens (tertiary/aromatic N) is 2. The number of aliphatic imine (C=N–C) groups is 1. The topological polar surface area (TPSA) is 92.4 Å². The van der Waals surface area contributed by atoms with Gasteiger partial charge in [0, 0.05) is 18.3 Å². The molecule has 0 fully saturated rings. The zero-order chi connectivity index (χ0) is 17.6. The van der Waals surface area contributed by atoms with Gasteiger partial charge in [0.25, 0.3) is 0 Å². The van der Waals surface area contributed by atoms with Gasteiger partial charge < -0.3 is 16.4 Å². The summed E-state index contributed by atoms with van der Waals surface area (Å²) in [6.45, 7) is 2.27. The number of nitrogens with one attached hydrogen (secondary N) is 2. The molecule has 1 aromatic heterocycles. The van der Waals surface area contributed by atoms with Crippen LogP contribution in [-0.2, 0) is 17.6 Å². The lowest BCUT2D eigenvalue weighted by Crippen LogP contribution is -2.23. The molecule has 6 nitrogen and oxygen atoms in total. The average Bonchev–Trinajstić information content (AvgIpc) is 3.04. The molecule has 0 atom stereocenters. The third-order valence-corrected chi connectivity index (χ3v) is 4.17. The fourth-order valence-electron chi connectivity index (χ4n) is 2.86. The Morgan fingerprint density at radius 1 is 1.20 bits per heavy atom. The van der Waals surface area contributed by atoms with Crippen molar-refractivity contribution < 1.29 is 4.79 Å². The minimum absolute atomic E-state index is 0.134. The number of anilines is 2. The Morgan fingerprint density at radius 3 is 2.84 bits per heavy atom. The molecule has 1 aliphatic carbocycles. The third kappa shape index (κ3) is 4.79. The van der Waals surface area contributed by atoms with E-state index in [4.69, 9.17) is 5.73 Å². The van der Waals surface area contributed by atoms with Gasteiger partial charge in [0.1, 0.15) is 5.82 Å². The molecule has 1 amide bonds. The second kappa shape index (κ2) is 7.79. The maximum atomic E-state index is 11.9. The quantitative estimate of drug-likeness (QED) is 0.578. The molecule has 1 aromatic carbocycles. The van der Waals surface area contributed by atoms with Crippen LogP contribution in [0.3, 0.4) is 0 Å². The number of hydrogen-bond acceptors (Lipinski definition) is 3. The number of fused-ring (bicyclic) bond motifs is 1. The molecule has 1 aliphatic rings. The minimum Gasteiger partial charge on any atom is -0.370 e. The third-order valence-electron chi connectivity index (χ3n) is 4.17. The summed E-state index contributed by atoms with van der Waals surface area (Å²) < 4.78 is 0. The lowest BCUT2D eigenvalue weighted by Gasteiger charge is -2.08. The standard InChI is InChI=1S/C19H23N5O/c1-13-5-8-17(22-12-13)24-18(25)9-10-21-19(20)23-16-7-6-14-3-2-4-15(14)11-16/h5-8,11-12H,2-4,9-10H2,1H3,(H3,20,21,23)(H,22,24,25). The van der Waals surface area contributed by atoms with Gasteiger partial charge in [-0.25, -0.2) is 4.98 Å². The molecule has 0 aliphatic heterocycles. The molecule has 0 spiro atoms. The number of rotatable bonds is 5. The minimum atomic E-state index is -0.134. The fourth-order valence-corrected chi connectivity index (χ4v) is 2.86. The molecule has 1 heterocycles. The van der Waals surface area contributed by atoms with Crippen LogP contribution < -0.4 is 16.4 Å². The Kier molecular flexibility index (Phi) is 5.28. The predicted molar refractivity (Wildman–Crippen MR) is 101 cm³/mol. The number of pyridine rings is 1. The van der Waals surface area contributed by atoms with Crippen LogP contribution in [0.15, 0.2) is 41.5 Å². The molecule has 0 radical (unpaired) electrons. The Hall–Kier alpha value is -2.89. The van der Waals surface area contributed by atoms with Crippen molar-refractivity contribution in [3.05, 3.63) is 53.2 Å². The van der Waals surface area contributed by atoms with Gasteiger partial charge >= 0.3 is 0 Å². The van der Waals surface area contributed by atoms with Crippen molar-refractivity contribution in [2.24, 2.45) is 10.7 Å². The first-order chi connectivity index (χ1) is 12.1. The first-order valence-corrected chi connectivity index (χ1v) is 8.51. The number of benzene rings is 1. The summed E-state index contributed by atoms with van der Waals surface area (Å²) in [5.41, 5.74) is 10.7. The summed E-state index contributed by atoms with van der Waals surface area (Å²) in [6, 6.07) is 9.96. The van der Waals surface area contributed by atoms with E-state index in [1.54, 1.807) is 12.3 Å². The maximum absolute atomic E-state index is 11.9. The molecule has 0 saturated carbocycles. The van der Waals surface area contributed by atoms with E-state index < -0.39 is 0 Å². The zero-order valence-electron chi connectivity index (χ0n) is 14.4. The van der Waals surface area contributed by atoms with Crippen molar-refractivity contribution in [1.82, 2.24) is 4.98 Å². The molecule has 130 valence electrons. The van der Waals surface area contributed by atoms with Crippen LogP contribution in [0.2, 0.25) is 0 Å².